The molecule has 86 valence electrons. The van der Waals surface area contributed by atoms with Crippen LogP contribution in [0.2, 0.25) is 0 Å². The third-order valence-corrected chi connectivity index (χ3v) is 3.75. The molecular weight excluding hydrogens is 268 g/mol. The lowest BCUT2D eigenvalue weighted by Crippen LogP contribution is -2.27. The van der Waals surface area contributed by atoms with E-state index >= 15 is 0 Å². The summed E-state index contributed by atoms with van der Waals surface area (Å²) in [7, 11) is 0. The standard InChI is InChI=1S/C13H15BrO2/c1-13(16)6-2-3-9-7-10(12(15)8-14)4-5-11(9)13/h4-5,7,16H,2-3,6,8H2,1H3/t13-/m1/s1. The monoisotopic (exact) mass is 282 g/mol. The Balaban J connectivity index is 2.43. The fourth-order valence-electron chi connectivity index (χ4n) is 2.33. The fourth-order valence-corrected chi connectivity index (χ4v) is 2.66. The number of alkyl halides is 1. The van der Waals surface area contributed by atoms with Crippen LogP contribution in [0.5, 0.6) is 0 Å². The van der Waals surface area contributed by atoms with E-state index < -0.39 is 5.60 Å². The molecule has 0 aromatic heterocycles. The van der Waals surface area contributed by atoms with E-state index in [9.17, 15) is 9.90 Å². The number of benzene rings is 1. The summed E-state index contributed by atoms with van der Waals surface area (Å²) in [5, 5.41) is 10.6. The van der Waals surface area contributed by atoms with Crippen molar-refractivity contribution in [3.8, 4) is 0 Å². The first kappa shape index (κ1) is 11.8. The molecule has 1 aliphatic rings. The zero-order valence-electron chi connectivity index (χ0n) is 9.29. The van der Waals surface area contributed by atoms with Crippen molar-refractivity contribution >= 4 is 21.7 Å². The van der Waals surface area contributed by atoms with E-state index in [1.807, 2.05) is 25.1 Å². The van der Waals surface area contributed by atoms with Crippen LogP contribution in [0.25, 0.3) is 0 Å². The summed E-state index contributed by atoms with van der Waals surface area (Å²) in [6.07, 6.45) is 2.73. The predicted octanol–water partition coefficient (Wildman–Crippen LogP) is 2.81. The first-order valence-electron chi connectivity index (χ1n) is 5.49. The van der Waals surface area contributed by atoms with E-state index in [0.29, 0.717) is 5.33 Å². The molecule has 0 saturated carbocycles. The minimum absolute atomic E-state index is 0.0908. The average molecular weight is 283 g/mol. The van der Waals surface area contributed by atoms with Crippen LogP contribution in [-0.4, -0.2) is 16.2 Å². The van der Waals surface area contributed by atoms with Crippen molar-refractivity contribution in [2.45, 2.75) is 31.8 Å². The summed E-state index contributed by atoms with van der Waals surface area (Å²) in [5.41, 5.74) is 2.09. The summed E-state index contributed by atoms with van der Waals surface area (Å²) >= 11 is 3.17. The van der Waals surface area contributed by atoms with Crippen LogP contribution < -0.4 is 0 Å². The van der Waals surface area contributed by atoms with Crippen LogP contribution in [-0.2, 0) is 12.0 Å². The average Bonchev–Trinajstić information content (AvgIpc) is 2.27. The molecule has 0 aliphatic heterocycles. The van der Waals surface area contributed by atoms with Gasteiger partial charge in [-0.2, -0.15) is 0 Å². The number of halogens is 1. The van der Waals surface area contributed by atoms with Gasteiger partial charge in [0.05, 0.1) is 10.9 Å². The second-order valence-electron chi connectivity index (χ2n) is 4.56. The molecule has 1 N–H and O–H groups in total. The molecule has 0 radical (unpaired) electrons. The molecule has 0 heterocycles. The summed E-state index contributed by atoms with van der Waals surface area (Å²) in [5.74, 6) is 0.0908. The van der Waals surface area contributed by atoms with Crippen molar-refractivity contribution in [1.29, 1.82) is 0 Å². The number of rotatable bonds is 2. The number of ketones is 1. The van der Waals surface area contributed by atoms with Gasteiger partial charge in [-0.25, -0.2) is 0 Å². The van der Waals surface area contributed by atoms with Crippen LogP contribution >= 0.6 is 15.9 Å². The van der Waals surface area contributed by atoms with E-state index in [4.69, 9.17) is 0 Å². The Hall–Kier alpha value is -0.670. The molecule has 2 rings (SSSR count). The van der Waals surface area contributed by atoms with Crippen molar-refractivity contribution in [1.82, 2.24) is 0 Å². The van der Waals surface area contributed by atoms with Crippen LogP contribution in [0.15, 0.2) is 18.2 Å². The molecule has 2 nitrogen and oxygen atoms in total. The maximum Gasteiger partial charge on any atom is 0.173 e. The third kappa shape index (κ3) is 2.06. The first-order valence-corrected chi connectivity index (χ1v) is 6.62. The molecule has 0 bridgehead atoms. The van der Waals surface area contributed by atoms with Gasteiger partial charge in [-0.05, 0) is 43.4 Å². The summed E-state index contributed by atoms with van der Waals surface area (Å²) in [6, 6.07) is 5.62. The molecule has 0 amide bonds. The highest BCUT2D eigenvalue weighted by atomic mass is 79.9. The maximum absolute atomic E-state index is 11.6. The highest BCUT2D eigenvalue weighted by molar-refractivity contribution is 9.09. The smallest absolute Gasteiger partial charge is 0.173 e. The number of hydrogen-bond donors (Lipinski definition) is 1. The number of carbonyl (C=O) groups excluding carboxylic acids is 1. The van der Waals surface area contributed by atoms with Gasteiger partial charge in [0.1, 0.15) is 0 Å². The Bertz CT molecular complexity index is 424. The van der Waals surface area contributed by atoms with Crippen molar-refractivity contribution in [2.75, 3.05) is 5.33 Å². The number of fused-ring (bicyclic) bond motifs is 1. The van der Waals surface area contributed by atoms with E-state index in [0.717, 1.165) is 36.0 Å². The Labute approximate surface area is 104 Å². The van der Waals surface area contributed by atoms with Crippen LogP contribution in [0.3, 0.4) is 0 Å². The molecule has 0 unspecified atom stereocenters. The lowest BCUT2D eigenvalue weighted by molar-refractivity contribution is 0.0386. The second kappa shape index (κ2) is 4.30. The Morgan fingerprint density at radius 1 is 1.56 bits per heavy atom. The number of aliphatic hydroxyl groups is 1. The fraction of sp³-hybridized carbons (Fsp3) is 0.462. The van der Waals surface area contributed by atoms with Crippen molar-refractivity contribution in [3.63, 3.8) is 0 Å². The molecular formula is C13H15BrO2. The Kier molecular flexibility index (Phi) is 3.17. The lowest BCUT2D eigenvalue weighted by Gasteiger charge is -2.31. The highest BCUT2D eigenvalue weighted by Crippen LogP contribution is 2.35. The third-order valence-electron chi connectivity index (χ3n) is 3.24. The van der Waals surface area contributed by atoms with Crippen molar-refractivity contribution in [2.24, 2.45) is 0 Å². The van der Waals surface area contributed by atoms with Crippen molar-refractivity contribution in [3.05, 3.63) is 34.9 Å². The summed E-state index contributed by atoms with van der Waals surface area (Å²) in [4.78, 5) is 11.6. The SMILES string of the molecule is C[C@@]1(O)CCCc2cc(C(=O)CBr)ccc21. The minimum Gasteiger partial charge on any atom is -0.385 e. The molecule has 0 spiro atoms. The Morgan fingerprint density at radius 2 is 2.31 bits per heavy atom. The number of Topliss-reactive ketones (excluding diaryl/α,β-unsaturated/α-hetero) is 1. The topological polar surface area (TPSA) is 37.3 Å². The van der Waals surface area contributed by atoms with Gasteiger partial charge in [0, 0.05) is 5.56 Å². The van der Waals surface area contributed by atoms with Crippen LogP contribution in [0.1, 0.15) is 41.3 Å². The summed E-state index contributed by atoms with van der Waals surface area (Å²) in [6.45, 7) is 1.84. The van der Waals surface area contributed by atoms with Gasteiger partial charge in [0.15, 0.2) is 5.78 Å². The van der Waals surface area contributed by atoms with Crippen LogP contribution in [0.4, 0.5) is 0 Å². The zero-order chi connectivity index (χ0) is 11.8. The largest absolute Gasteiger partial charge is 0.385 e. The molecule has 1 aromatic carbocycles. The lowest BCUT2D eigenvalue weighted by atomic mass is 9.79. The van der Waals surface area contributed by atoms with Gasteiger partial charge >= 0.3 is 0 Å². The number of hydrogen-bond acceptors (Lipinski definition) is 2. The van der Waals surface area contributed by atoms with E-state index in [1.54, 1.807) is 0 Å². The molecule has 3 heteroatoms. The van der Waals surface area contributed by atoms with Crippen molar-refractivity contribution < 1.29 is 9.90 Å². The molecule has 1 atom stereocenters. The molecule has 1 aliphatic carbocycles. The molecule has 1 aromatic rings. The zero-order valence-corrected chi connectivity index (χ0v) is 10.9. The first-order chi connectivity index (χ1) is 7.54. The second-order valence-corrected chi connectivity index (χ2v) is 5.12. The van der Waals surface area contributed by atoms with Gasteiger partial charge in [-0.1, -0.05) is 28.1 Å². The molecule has 0 saturated heterocycles. The van der Waals surface area contributed by atoms with Gasteiger partial charge in [0.2, 0.25) is 0 Å². The quantitative estimate of drug-likeness (QED) is 0.669. The van der Waals surface area contributed by atoms with Gasteiger partial charge in [-0.3, -0.25) is 4.79 Å². The molecule has 16 heavy (non-hydrogen) atoms. The summed E-state index contributed by atoms with van der Waals surface area (Å²) < 4.78 is 0. The van der Waals surface area contributed by atoms with Gasteiger partial charge < -0.3 is 5.11 Å². The number of carbonyl (C=O) groups is 1. The van der Waals surface area contributed by atoms with Crippen LogP contribution in [0, 0.1) is 0 Å². The number of aryl methyl sites for hydroxylation is 1. The minimum atomic E-state index is -0.733. The van der Waals surface area contributed by atoms with E-state index in [-0.39, 0.29) is 5.78 Å². The van der Waals surface area contributed by atoms with E-state index in [1.165, 1.54) is 0 Å². The van der Waals surface area contributed by atoms with Gasteiger partial charge in [0.25, 0.3) is 0 Å². The Morgan fingerprint density at radius 3 is 3.00 bits per heavy atom. The maximum atomic E-state index is 11.6. The predicted molar refractivity (Wildman–Crippen MR) is 67.1 cm³/mol. The normalized spacial score (nSPS) is 23.9. The van der Waals surface area contributed by atoms with Gasteiger partial charge in [-0.15, -0.1) is 0 Å². The highest BCUT2D eigenvalue weighted by Gasteiger charge is 2.29. The molecule has 0 fully saturated rings. The van der Waals surface area contributed by atoms with E-state index in [2.05, 4.69) is 15.9 Å².